The van der Waals surface area contributed by atoms with Gasteiger partial charge < -0.3 is 4.42 Å². The van der Waals surface area contributed by atoms with E-state index in [1.807, 2.05) is 25.2 Å². The van der Waals surface area contributed by atoms with Crippen LogP contribution in [0.2, 0.25) is 0 Å². The molecule has 90 valence electrons. The zero-order valence-electron chi connectivity index (χ0n) is 9.96. The summed E-state index contributed by atoms with van der Waals surface area (Å²) in [6.07, 6.45) is 5.25. The molecule has 0 aromatic carbocycles. The van der Waals surface area contributed by atoms with Gasteiger partial charge >= 0.3 is 0 Å². The highest BCUT2D eigenvalue weighted by molar-refractivity contribution is 5.94. The first-order chi connectivity index (χ1) is 8.15. The molecule has 0 atom stereocenters. The summed E-state index contributed by atoms with van der Waals surface area (Å²) in [5.41, 5.74) is 1.09. The van der Waals surface area contributed by atoms with Crippen molar-refractivity contribution in [3.05, 3.63) is 42.1 Å². The van der Waals surface area contributed by atoms with Crippen LogP contribution in [-0.4, -0.2) is 34.1 Å². The van der Waals surface area contributed by atoms with Crippen molar-refractivity contribution >= 4 is 5.78 Å². The molecular weight excluding hydrogens is 218 g/mol. The minimum atomic E-state index is -0.0126. The van der Waals surface area contributed by atoms with E-state index in [9.17, 15) is 4.79 Å². The summed E-state index contributed by atoms with van der Waals surface area (Å²) in [5.74, 6) is 0.393. The van der Waals surface area contributed by atoms with Crippen LogP contribution in [-0.2, 0) is 13.6 Å². The van der Waals surface area contributed by atoms with Gasteiger partial charge in [0.1, 0.15) is 0 Å². The molecule has 0 N–H and O–H groups in total. The molecule has 17 heavy (non-hydrogen) atoms. The molecule has 5 nitrogen and oxygen atoms in total. The Morgan fingerprint density at radius 1 is 1.59 bits per heavy atom. The van der Waals surface area contributed by atoms with Gasteiger partial charge in [-0.15, -0.1) is 0 Å². The lowest BCUT2D eigenvalue weighted by molar-refractivity contribution is 0.0915. The van der Waals surface area contributed by atoms with Crippen molar-refractivity contribution in [2.24, 2.45) is 7.05 Å². The van der Waals surface area contributed by atoms with Crippen LogP contribution < -0.4 is 0 Å². The van der Waals surface area contributed by atoms with E-state index in [0.29, 0.717) is 18.8 Å². The summed E-state index contributed by atoms with van der Waals surface area (Å²) in [6, 6.07) is 3.40. The molecule has 2 aromatic rings. The minimum Gasteiger partial charge on any atom is -0.461 e. The topological polar surface area (TPSA) is 51.3 Å². The van der Waals surface area contributed by atoms with Crippen LogP contribution in [0.15, 0.2) is 35.2 Å². The predicted molar refractivity (Wildman–Crippen MR) is 62.6 cm³/mol. The van der Waals surface area contributed by atoms with Crippen molar-refractivity contribution in [1.29, 1.82) is 0 Å². The van der Waals surface area contributed by atoms with Gasteiger partial charge in [-0.05, 0) is 19.2 Å². The quantitative estimate of drug-likeness (QED) is 0.731. The number of Topliss-reactive ketones (excluding diaryl/α,β-unsaturated/α-hetero) is 1. The van der Waals surface area contributed by atoms with Crippen molar-refractivity contribution in [1.82, 2.24) is 14.7 Å². The Labute approximate surface area is 99.6 Å². The monoisotopic (exact) mass is 233 g/mol. The van der Waals surface area contributed by atoms with Crippen molar-refractivity contribution in [2.75, 3.05) is 13.6 Å². The average molecular weight is 233 g/mol. The Morgan fingerprint density at radius 3 is 3.00 bits per heavy atom. The second-order valence-electron chi connectivity index (χ2n) is 4.10. The number of aromatic nitrogens is 2. The number of hydrogen-bond donors (Lipinski definition) is 0. The lowest BCUT2D eigenvalue weighted by atomic mass is 10.2. The van der Waals surface area contributed by atoms with Crippen molar-refractivity contribution in [2.45, 2.75) is 6.54 Å². The normalized spacial score (nSPS) is 11.0. The zero-order chi connectivity index (χ0) is 12.3. The molecule has 2 rings (SSSR count). The summed E-state index contributed by atoms with van der Waals surface area (Å²) >= 11 is 0. The molecule has 0 amide bonds. The molecule has 0 aliphatic rings. The maximum absolute atomic E-state index is 11.8. The smallest absolute Gasteiger partial charge is 0.211 e. The zero-order valence-corrected chi connectivity index (χ0v) is 9.96. The van der Waals surface area contributed by atoms with Gasteiger partial charge in [-0.3, -0.25) is 14.4 Å². The minimum absolute atomic E-state index is 0.0126. The summed E-state index contributed by atoms with van der Waals surface area (Å²) in [7, 11) is 3.77. The summed E-state index contributed by atoms with van der Waals surface area (Å²) in [5, 5.41) is 4.09. The molecule has 0 aliphatic heterocycles. The molecule has 0 saturated carbocycles. The third-order valence-corrected chi connectivity index (χ3v) is 2.42. The molecule has 2 aromatic heterocycles. The van der Waals surface area contributed by atoms with Gasteiger partial charge in [-0.25, -0.2) is 0 Å². The number of furan rings is 1. The van der Waals surface area contributed by atoms with E-state index < -0.39 is 0 Å². The van der Waals surface area contributed by atoms with Gasteiger partial charge in [0.15, 0.2) is 5.76 Å². The first-order valence-corrected chi connectivity index (χ1v) is 5.38. The Kier molecular flexibility index (Phi) is 3.39. The molecule has 5 heteroatoms. The number of nitrogens with zero attached hydrogens (tertiary/aromatic N) is 3. The number of likely N-dealkylation sites (N-methyl/N-ethyl adjacent to an activating group) is 1. The molecule has 0 bridgehead atoms. The molecule has 0 aliphatic carbocycles. The van der Waals surface area contributed by atoms with E-state index in [1.54, 1.807) is 23.0 Å². The van der Waals surface area contributed by atoms with E-state index in [2.05, 4.69) is 5.10 Å². The van der Waals surface area contributed by atoms with Crippen molar-refractivity contribution < 1.29 is 9.21 Å². The highest BCUT2D eigenvalue weighted by atomic mass is 16.3. The summed E-state index contributed by atoms with van der Waals surface area (Å²) in [4.78, 5) is 13.7. The van der Waals surface area contributed by atoms with Gasteiger partial charge in [0.2, 0.25) is 5.78 Å². The fraction of sp³-hybridized carbons (Fsp3) is 0.333. The molecule has 2 heterocycles. The second kappa shape index (κ2) is 4.97. The average Bonchev–Trinajstić information content (AvgIpc) is 2.89. The van der Waals surface area contributed by atoms with Crippen LogP contribution >= 0.6 is 0 Å². The van der Waals surface area contributed by atoms with Gasteiger partial charge in [0.05, 0.1) is 19.0 Å². The van der Waals surface area contributed by atoms with Gasteiger partial charge in [0, 0.05) is 25.4 Å². The van der Waals surface area contributed by atoms with Crippen LogP contribution in [0.1, 0.15) is 16.1 Å². The third-order valence-electron chi connectivity index (χ3n) is 2.42. The van der Waals surface area contributed by atoms with E-state index in [4.69, 9.17) is 4.42 Å². The van der Waals surface area contributed by atoms with Crippen molar-refractivity contribution in [3.63, 3.8) is 0 Å². The van der Waals surface area contributed by atoms with Crippen LogP contribution in [0.5, 0.6) is 0 Å². The third kappa shape index (κ3) is 3.04. The van der Waals surface area contributed by atoms with Gasteiger partial charge in [-0.2, -0.15) is 5.10 Å². The maximum atomic E-state index is 11.8. The number of aryl methyl sites for hydroxylation is 1. The molecule has 0 unspecified atom stereocenters. The lowest BCUT2D eigenvalue weighted by Crippen LogP contribution is -2.25. The maximum Gasteiger partial charge on any atom is 0.211 e. The van der Waals surface area contributed by atoms with Crippen LogP contribution in [0.25, 0.3) is 0 Å². The predicted octanol–water partition coefficient (Wildman–Crippen LogP) is 1.33. The summed E-state index contributed by atoms with van der Waals surface area (Å²) < 4.78 is 6.81. The number of rotatable bonds is 5. The second-order valence-corrected chi connectivity index (χ2v) is 4.10. The van der Waals surface area contributed by atoms with E-state index in [-0.39, 0.29) is 5.78 Å². The highest BCUT2D eigenvalue weighted by Gasteiger charge is 2.12. The molecule has 0 radical (unpaired) electrons. The Bertz CT molecular complexity index is 488. The standard InChI is InChI=1S/C12H15N3O2/c1-14(7-10-6-13-15(2)8-10)9-11(16)12-4-3-5-17-12/h3-6,8H,7,9H2,1-2H3. The highest BCUT2D eigenvalue weighted by Crippen LogP contribution is 2.05. The molecular formula is C12H15N3O2. The number of carbonyl (C=O) groups is 1. The SMILES string of the molecule is CN(CC(=O)c1ccco1)Cc1cnn(C)c1. The number of hydrogen-bond acceptors (Lipinski definition) is 4. The van der Waals surface area contributed by atoms with Crippen molar-refractivity contribution in [3.8, 4) is 0 Å². The summed E-state index contributed by atoms with van der Waals surface area (Å²) in [6.45, 7) is 1.03. The van der Waals surface area contributed by atoms with E-state index in [0.717, 1.165) is 5.56 Å². The first kappa shape index (κ1) is 11.6. The molecule has 0 fully saturated rings. The Hall–Kier alpha value is -1.88. The van der Waals surface area contributed by atoms with Crippen LogP contribution in [0, 0.1) is 0 Å². The van der Waals surface area contributed by atoms with E-state index >= 15 is 0 Å². The largest absolute Gasteiger partial charge is 0.461 e. The van der Waals surface area contributed by atoms with Gasteiger partial charge in [0.25, 0.3) is 0 Å². The van der Waals surface area contributed by atoms with Crippen LogP contribution in [0.3, 0.4) is 0 Å². The number of ketones is 1. The fourth-order valence-electron chi connectivity index (χ4n) is 1.68. The Morgan fingerprint density at radius 2 is 2.41 bits per heavy atom. The lowest BCUT2D eigenvalue weighted by Gasteiger charge is -2.13. The molecule has 0 saturated heterocycles. The molecule has 0 spiro atoms. The van der Waals surface area contributed by atoms with Crippen LogP contribution in [0.4, 0.5) is 0 Å². The Balaban J connectivity index is 1.89. The fourth-order valence-corrected chi connectivity index (χ4v) is 1.68. The first-order valence-electron chi connectivity index (χ1n) is 5.38. The van der Waals surface area contributed by atoms with Gasteiger partial charge in [-0.1, -0.05) is 0 Å². The number of carbonyl (C=O) groups excluding carboxylic acids is 1. The van der Waals surface area contributed by atoms with E-state index in [1.165, 1.54) is 6.26 Å².